The molecule has 8 nitrogen and oxygen atoms in total. The van der Waals surface area contributed by atoms with Gasteiger partial charge in [-0.25, -0.2) is 0 Å². The van der Waals surface area contributed by atoms with Crippen molar-refractivity contribution in [2.24, 2.45) is 5.92 Å². The van der Waals surface area contributed by atoms with E-state index in [-0.39, 0.29) is 5.56 Å². The van der Waals surface area contributed by atoms with Crippen molar-refractivity contribution in [2.45, 2.75) is 64.3 Å². The maximum atomic E-state index is 13.2. The zero-order chi connectivity index (χ0) is 30.4. The number of hydrogen-bond acceptors (Lipinski definition) is 5. The van der Waals surface area contributed by atoms with Crippen LogP contribution in [0.25, 0.3) is 0 Å². The quantitative estimate of drug-likeness (QED) is 0.366. The number of halogens is 4. The van der Waals surface area contributed by atoms with Crippen LogP contribution in [0.3, 0.4) is 0 Å². The van der Waals surface area contributed by atoms with Crippen molar-refractivity contribution in [3.05, 3.63) is 64.7 Å². The van der Waals surface area contributed by atoms with E-state index in [1.165, 1.54) is 52.1 Å². The Hall–Kier alpha value is -3.60. The first-order valence-electron chi connectivity index (χ1n) is 12.4. The van der Waals surface area contributed by atoms with E-state index < -0.39 is 59.1 Å². The molecule has 0 bridgehead atoms. The molecule has 0 aliphatic rings. The van der Waals surface area contributed by atoms with Crippen LogP contribution in [0.5, 0.6) is 5.75 Å². The van der Waals surface area contributed by atoms with Crippen LogP contribution in [0.1, 0.15) is 51.8 Å². The highest BCUT2D eigenvalue weighted by molar-refractivity contribution is 6.30. The molecule has 218 valence electrons. The van der Waals surface area contributed by atoms with E-state index >= 15 is 0 Å². The van der Waals surface area contributed by atoms with Crippen molar-refractivity contribution in [3.8, 4) is 5.75 Å². The van der Waals surface area contributed by atoms with E-state index in [0.29, 0.717) is 16.3 Å². The Morgan fingerprint density at radius 2 is 1.48 bits per heavy atom. The maximum Gasteiger partial charge on any atom is 0.452 e. The highest BCUT2D eigenvalue weighted by atomic mass is 35.5. The van der Waals surface area contributed by atoms with E-state index in [2.05, 4.69) is 16.0 Å². The summed E-state index contributed by atoms with van der Waals surface area (Å²) >= 11 is 6.05. The van der Waals surface area contributed by atoms with Gasteiger partial charge in [0, 0.05) is 5.02 Å². The predicted molar refractivity (Wildman–Crippen MR) is 144 cm³/mol. The summed E-state index contributed by atoms with van der Waals surface area (Å²) < 4.78 is 44.6. The average molecular weight is 584 g/mol. The van der Waals surface area contributed by atoms with Crippen LogP contribution in [-0.2, 0) is 24.6 Å². The van der Waals surface area contributed by atoms with Crippen LogP contribution in [0.2, 0.25) is 5.02 Å². The fourth-order valence-electron chi connectivity index (χ4n) is 3.76. The van der Waals surface area contributed by atoms with Crippen molar-refractivity contribution < 1.29 is 37.1 Å². The SMILES string of the molecule is COc1ccc([C@H](NC(=O)[C@@H](C)NC(=O)C(C)(C)c2cccc(Cl)c2)C(=O)N[C@H](C(=O)C(F)(F)F)C(C)C)cc1. The van der Waals surface area contributed by atoms with Gasteiger partial charge in [0.2, 0.25) is 17.7 Å². The molecule has 0 aliphatic carbocycles. The van der Waals surface area contributed by atoms with Gasteiger partial charge < -0.3 is 20.7 Å². The Labute approximate surface area is 236 Å². The molecule has 3 N–H and O–H groups in total. The Bertz CT molecular complexity index is 1230. The molecular formula is C28H33ClF3N3O5. The minimum Gasteiger partial charge on any atom is -0.497 e. The second-order valence-corrected chi connectivity index (χ2v) is 10.6. The standard InChI is InChI=1S/C28H33ClF3N3O5/c1-15(2)21(23(36)28(30,31)32)34-25(38)22(17-10-12-20(40-6)13-11-17)35-24(37)16(3)33-26(39)27(4,5)18-8-7-9-19(29)14-18/h7-16,21-22H,1-6H3,(H,33,39)(H,34,38)(H,35,37)/t16-,21+,22+/m1/s1. The number of alkyl halides is 3. The summed E-state index contributed by atoms with van der Waals surface area (Å²) in [6.07, 6.45) is -5.17. The van der Waals surface area contributed by atoms with Gasteiger partial charge in [-0.2, -0.15) is 13.2 Å². The summed E-state index contributed by atoms with van der Waals surface area (Å²) in [7, 11) is 1.42. The first kappa shape index (κ1) is 32.6. The average Bonchev–Trinajstić information content (AvgIpc) is 2.88. The molecule has 2 aromatic rings. The lowest BCUT2D eigenvalue weighted by Gasteiger charge is -2.28. The largest absolute Gasteiger partial charge is 0.497 e. The minimum absolute atomic E-state index is 0.214. The van der Waals surface area contributed by atoms with Crippen molar-refractivity contribution in [3.63, 3.8) is 0 Å². The van der Waals surface area contributed by atoms with Gasteiger partial charge in [0.15, 0.2) is 0 Å². The maximum absolute atomic E-state index is 13.2. The Morgan fingerprint density at radius 1 is 0.875 bits per heavy atom. The smallest absolute Gasteiger partial charge is 0.452 e. The molecule has 3 atom stereocenters. The predicted octanol–water partition coefficient (Wildman–Crippen LogP) is 4.26. The third-order valence-electron chi connectivity index (χ3n) is 6.38. The number of benzene rings is 2. The number of Topliss-reactive ketones (excluding diaryl/α,β-unsaturated/α-hetero) is 1. The van der Waals surface area contributed by atoms with Crippen LogP contribution in [-0.4, -0.2) is 48.9 Å². The van der Waals surface area contributed by atoms with Gasteiger partial charge in [0.1, 0.15) is 17.8 Å². The number of rotatable bonds is 11. The van der Waals surface area contributed by atoms with Crippen LogP contribution in [0.4, 0.5) is 13.2 Å². The summed E-state index contributed by atoms with van der Waals surface area (Å²) in [5.41, 5.74) is -0.254. The van der Waals surface area contributed by atoms with Gasteiger partial charge in [0.25, 0.3) is 5.78 Å². The lowest BCUT2D eigenvalue weighted by molar-refractivity contribution is -0.175. The zero-order valence-electron chi connectivity index (χ0n) is 23.0. The molecule has 0 aromatic heterocycles. The van der Waals surface area contributed by atoms with E-state index in [1.54, 1.807) is 38.1 Å². The van der Waals surface area contributed by atoms with Gasteiger partial charge in [-0.05, 0) is 62.1 Å². The van der Waals surface area contributed by atoms with E-state index in [0.717, 1.165) is 0 Å². The van der Waals surface area contributed by atoms with Crippen molar-refractivity contribution in [2.75, 3.05) is 7.11 Å². The number of carbonyl (C=O) groups excluding carboxylic acids is 4. The lowest BCUT2D eigenvalue weighted by Crippen LogP contribution is -2.55. The van der Waals surface area contributed by atoms with Crippen LogP contribution < -0.4 is 20.7 Å². The third kappa shape index (κ3) is 8.20. The minimum atomic E-state index is -5.17. The van der Waals surface area contributed by atoms with E-state index in [1.807, 2.05) is 0 Å². The number of ketones is 1. The van der Waals surface area contributed by atoms with Gasteiger partial charge in [0.05, 0.1) is 18.6 Å². The molecule has 2 rings (SSSR count). The van der Waals surface area contributed by atoms with Gasteiger partial charge >= 0.3 is 6.18 Å². The molecule has 0 fully saturated rings. The molecule has 0 saturated heterocycles. The van der Waals surface area contributed by atoms with Crippen molar-refractivity contribution in [1.82, 2.24) is 16.0 Å². The molecule has 0 heterocycles. The number of carbonyl (C=O) groups is 4. The second kappa shape index (κ2) is 13.2. The molecule has 2 aromatic carbocycles. The monoisotopic (exact) mass is 583 g/mol. The molecule has 40 heavy (non-hydrogen) atoms. The van der Waals surface area contributed by atoms with Crippen LogP contribution in [0.15, 0.2) is 48.5 Å². The number of amides is 3. The molecule has 0 aliphatic heterocycles. The summed E-state index contributed by atoms with van der Waals surface area (Å²) in [4.78, 5) is 51.4. The van der Waals surface area contributed by atoms with Gasteiger partial charge in [-0.3, -0.25) is 19.2 Å². The Morgan fingerprint density at radius 3 is 1.98 bits per heavy atom. The topological polar surface area (TPSA) is 114 Å². The fourth-order valence-corrected chi connectivity index (χ4v) is 3.95. The van der Waals surface area contributed by atoms with E-state index in [9.17, 15) is 32.3 Å². The second-order valence-electron chi connectivity index (χ2n) is 10.1. The highest BCUT2D eigenvalue weighted by Gasteiger charge is 2.45. The van der Waals surface area contributed by atoms with Crippen molar-refractivity contribution >= 4 is 35.1 Å². The summed E-state index contributed by atoms with van der Waals surface area (Å²) in [6, 6.07) is 8.09. The number of hydrogen-bond donors (Lipinski definition) is 3. The lowest BCUT2D eigenvalue weighted by atomic mass is 9.83. The fraction of sp³-hybridized carbons (Fsp3) is 0.429. The first-order valence-corrected chi connectivity index (χ1v) is 12.8. The molecule has 0 saturated carbocycles. The summed E-state index contributed by atoms with van der Waals surface area (Å²) in [5.74, 6) is -4.89. The van der Waals surface area contributed by atoms with E-state index in [4.69, 9.17) is 16.3 Å². The zero-order valence-corrected chi connectivity index (χ0v) is 23.7. The summed E-state index contributed by atoms with van der Waals surface area (Å²) in [6.45, 7) is 7.41. The molecule has 0 unspecified atom stereocenters. The van der Waals surface area contributed by atoms with Crippen molar-refractivity contribution in [1.29, 1.82) is 0 Å². The molecule has 3 amide bonds. The molecule has 0 spiro atoms. The highest BCUT2D eigenvalue weighted by Crippen LogP contribution is 2.26. The third-order valence-corrected chi connectivity index (χ3v) is 6.61. The Balaban J connectivity index is 2.29. The summed E-state index contributed by atoms with van der Waals surface area (Å²) in [5, 5.41) is 7.64. The van der Waals surface area contributed by atoms with Gasteiger partial charge in [-0.1, -0.05) is 49.7 Å². The molecular weight excluding hydrogens is 551 g/mol. The molecule has 12 heteroatoms. The van der Waals surface area contributed by atoms with Gasteiger partial charge in [-0.15, -0.1) is 0 Å². The van der Waals surface area contributed by atoms with Crippen LogP contribution >= 0.6 is 11.6 Å². The number of ether oxygens (including phenoxy) is 1. The Kier molecular flexibility index (Phi) is 10.7. The normalized spacial score (nSPS) is 14.1. The molecule has 0 radical (unpaired) electrons. The van der Waals surface area contributed by atoms with Crippen LogP contribution in [0, 0.1) is 5.92 Å². The number of methoxy groups -OCH3 is 1. The first-order chi connectivity index (χ1) is 18.5. The number of nitrogens with one attached hydrogen (secondary N) is 3.